The van der Waals surface area contributed by atoms with E-state index in [1.807, 2.05) is 30.3 Å². The first-order chi connectivity index (χ1) is 13.3. The number of pyridine rings is 1. The predicted molar refractivity (Wildman–Crippen MR) is 101 cm³/mol. The van der Waals surface area contributed by atoms with Crippen molar-refractivity contribution in [1.29, 1.82) is 0 Å². The number of H-pyrrole nitrogens is 1. The molecule has 1 aromatic heterocycles. The molecule has 0 saturated carbocycles. The van der Waals surface area contributed by atoms with E-state index in [0.717, 1.165) is 17.7 Å². The summed E-state index contributed by atoms with van der Waals surface area (Å²) in [7, 11) is 0. The van der Waals surface area contributed by atoms with Gasteiger partial charge in [0.05, 0.1) is 6.54 Å². The Labute approximate surface area is 159 Å². The predicted octanol–water partition coefficient (Wildman–Crippen LogP) is 2.96. The summed E-state index contributed by atoms with van der Waals surface area (Å²) in [6.45, 7) is 0.917. The quantitative estimate of drug-likeness (QED) is 0.633. The number of nitrogens with one attached hydrogen (secondary N) is 2. The van der Waals surface area contributed by atoms with Crippen LogP contribution in [0, 0.1) is 11.6 Å². The molecule has 0 fully saturated rings. The zero-order valence-corrected chi connectivity index (χ0v) is 15.0. The molecule has 28 heavy (non-hydrogen) atoms. The van der Waals surface area contributed by atoms with Crippen LogP contribution in [0.3, 0.4) is 0 Å². The zero-order chi connectivity index (χ0) is 20.3. The van der Waals surface area contributed by atoms with E-state index >= 15 is 0 Å². The van der Waals surface area contributed by atoms with Crippen LogP contribution in [0.15, 0.2) is 65.5 Å². The molecule has 0 aliphatic rings. The Morgan fingerprint density at radius 2 is 1.82 bits per heavy atom. The van der Waals surface area contributed by atoms with Crippen LogP contribution in [0.2, 0.25) is 0 Å². The van der Waals surface area contributed by atoms with Crippen LogP contribution in [0.5, 0.6) is 0 Å². The summed E-state index contributed by atoms with van der Waals surface area (Å²) in [5.41, 5.74) is -1.34. The van der Waals surface area contributed by atoms with Crippen molar-refractivity contribution in [2.45, 2.75) is 12.5 Å². The maximum absolute atomic E-state index is 13.9. The van der Waals surface area contributed by atoms with E-state index in [1.165, 1.54) is 13.0 Å². The highest BCUT2D eigenvalue weighted by Crippen LogP contribution is 2.23. The largest absolute Gasteiger partial charge is 0.383 e. The normalized spacial score (nSPS) is 13.0. The van der Waals surface area contributed by atoms with Crippen LogP contribution < -0.4 is 10.9 Å². The second kappa shape index (κ2) is 7.74. The van der Waals surface area contributed by atoms with Gasteiger partial charge in [-0.1, -0.05) is 36.4 Å². The van der Waals surface area contributed by atoms with E-state index in [-0.39, 0.29) is 17.7 Å². The number of halogens is 2. The number of aromatic amines is 1. The van der Waals surface area contributed by atoms with Gasteiger partial charge in [-0.2, -0.15) is 0 Å². The maximum Gasteiger partial charge on any atom is 0.261 e. The highest BCUT2D eigenvalue weighted by Gasteiger charge is 2.28. The third kappa shape index (κ3) is 4.15. The Morgan fingerprint density at radius 3 is 2.46 bits per heavy atom. The Morgan fingerprint density at radius 1 is 1.11 bits per heavy atom. The van der Waals surface area contributed by atoms with Gasteiger partial charge in [0.15, 0.2) is 0 Å². The molecule has 0 radical (unpaired) electrons. The van der Waals surface area contributed by atoms with Gasteiger partial charge >= 0.3 is 0 Å². The van der Waals surface area contributed by atoms with Crippen molar-refractivity contribution < 1.29 is 18.7 Å². The lowest BCUT2D eigenvalue weighted by Gasteiger charge is -2.24. The standard InChI is InChI=1S/C21H18F2N2O3/c1-21(28,16-9-7-14(22)11-17(16)23)12-24-19(26)15-8-10-18(25-20(15)27)13-5-3-2-4-6-13/h2-11,28H,12H2,1H3,(H,24,26)(H,25,27). The Kier molecular flexibility index (Phi) is 5.37. The molecule has 1 amide bonds. The molecule has 0 aliphatic carbocycles. The van der Waals surface area contributed by atoms with Crippen LogP contribution in [-0.4, -0.2) is 22.5 Å². The Balaban J connectivity index is 1.75. The van der Waals surface area contributed by atoms with Gasteiger partial charge in [0.2, 0.25) is 0 Å². The summed E-state index contributed by atoms with van der Waals surface area (Å²) >= 11 is 0. The number of carbonyl (C=O) groups excluding carboxylic acids is 1. The van der Waals surface area contributed by atoms with Crippen molar-refractivity contribution in [2.75, 3.05) is 6.54 Å². The molecule has 0 spiro atoms. The third-order valence-electron chi connectivity index (χ3n) is 4.34. The molecule has 3 aromatic rings. The molecule has 3 N–H and O–H groups in total. The molecule has 1 unspecified atom stereocenters. The summed E-state index contributed by atoms with van der Waals surface area (Å²) in [5, 5.41) is 12.9. The molecule has 2 aromatic carbocycles. The fourth-order valence-electron chi connectivity index (χ4n) is 2.81. The van der Waals surface area contributed by atoms with Crippen molar-refractivity contribution in [3.8, 4) is 11.3 Å². The second-order valence-corrected chi connectivity index (χ2v) is 6.56. The average molecular weight is 384 g/mol. The lowest BCUT2D eigenvalue weighted by Crippen LogP contribution is -2.40. The van der Waals surface area contributed by atoms with Gasteiger partial charge in [0.25, 0.3) is 11.5 Å². The molecule has 0 bridgehead atoms. The molecule has 144 valence electrons. The van der Waals surface area contributed by atoms with Crippen molar-refractivity contribution in [3.05, 3.63) is 93.8 Å². The topological polar surface area (TPSA) is 82.2 Å². The minimum Gasteiger partial charge on any atom is -0.383 e. The molecule has 0 saturated heterocycles. The minimum atomic E-state index is -1.79. The first-order valence-corrected chi connectivity index (χ1v) is 8.53. The molecular formula is C21H18F2N2O3. The summed E-state index contributed by atoms with van der Waals surface area (Å²) < 4.78 is 26.9. The van der Waals surface area contributed by atoms with Crippen LogP contribution in [0.1, 0.15) is 22.8 Å². The van der Waals surface area contributed by atoms with Crippen LogP contribution >= 0.6 is 0 Å². The highest BCUT2D eigenvalue weighted by molar-refractivity contribution is 5.94. The zero-order valence-electron chi connectivity index (χ0n) is 15.0. The SMILES string of the molecule is CC(O)(CNC(=O)c1ccc(-c2ccccc2)[nH]c1=O)c1ccc(F)cc1F. The number of hydrogen-bond acceptors (Lipinski definition) is 3. The Hall–Kier alpha value is -3.32. The number of aliphatic hydroxyl groups is 1. The minimum absolute atomic E-state index is 0.143. The van der Waals surface area contributed by atoms with Gasteiger partial charge in [0, 0.05) is 17.3 Å². The molecule has 3 rings (SSSR count). The monoisotopic (exact) mass is 384 g/mol. The molecule has 5 nitrogen and oxygen atoms in total. The fourth-order valence-corrected chi connectivity index (χ4v) is 2.81. The lowest BCUT2D eigenvalue weighted by molar-refractivity contribution is 0.0494. The van der Waals surface area contributed by atoms with Crippen molar-refractivity contribution in [1.82, 2.24) is 10.3 Å². The Bertz CT molecular complexity index is 1060. The van der Waals surface area contributed by atoms with Gasteiger partial charge in [0.1, 0.15) is 22.8 Å². The number of aromatic nitrogens is 1. The summed E-state index contributed by atoms with van der Waals surface area (Å²) in [6, 6.07) is 14.9. The van der Waals surface area contributed by atoms with E-state index in [0.29, 0.717) is 11.8 Å². The van der Waals surface area contributed by atoms with Crippen molar-refractivity contribution >= 4 is 5.91 Å². The van der Waals surface area contributed by atoms with E-state index in [2.05, 4.69) is 10.3 Å². The van der Waals surface area contributed by atoms with E-state index in [9.17, 15) is 23.5 Å². The third-order valence-corrected chi connectivity index (χ3v) is 4.34. The second-order valence-electron chi connectivity index (χ2n) is 6.56. The smallest absolute Gasteiger partial charge is 0.261 e. The lowest BCUT2D eigenvalue weighted by atomic mass is 9.95. The van der Waals surface area contributed by atoms with Crippen LogP contribution in [-0.2, 0) is 5.60 Å². The fraction of sp³-hybridized carbons (Fsp3) is 0.143. The van der Waals surface area contributed by atoms with Gasteiger partial charge < -0.3 is 15.4 Å². The van der Waals surface area contributed by atoms with Gasteiger partial charge in [-0.25, -0.2) is 8.78 Å². The van der Waals surface area contributed by atoms with Gasteiger partial charge in [-0.3, -0.25) is 9.59 Å². The molecule has 1 heterocycles. The maximum atomic E-state index is 13.9. The molecule has 7 heteroatoms. The number of hydrogen-bond donors (Lipinski definition) is 3. The van der Waals surface area contributed by atoms with Gasteiger partial charge in [-0.15, -0.1) is 0 Å². The molecule has 0 aliphatic heterocycles. The van der Waals surface area contributed by atoms with Crippen molar-refractivity contribution in [2.24, 2.45) is 0 Å². The van der Waals surface area contributed by atoms with Crippen molar-refractivity contribution in [3.63, 3.8) is 0 Å². The van der Waals surface area contributed by atoms with E-state index in [4.69, 9.17) is 0 Å². The molecule has 1 atom stereocenters. The summed E-state index contributed by atoms with van der Waals surface area (Å²) in [4.78, 5) is 27.2. The summed E-state index contributed by atoms with van der Waals surface area (Å²) in [6.07, 6.45) is 0. The van der Waals surface area contributed by atoms with E-state index in [1.54, 1.807) is 6.07 Å². The first-order valence-electron chi connectivity index (χ1n) is 8.53. The highest BCUT2D eigenvalue weighted by atomic mass is 19.1. The first kappa shape index (κ1) is 19.4. The summed E-state index contributed by atoms with van der Waals surface area (Å²) in [5.74, 6) is -2.42. The number of rotatable bonds is 5. The van der Waals surface area contributed by atoms with E-state index < -0.39 is 28.7 Å². The van der Waals surface area contributed by atoms with Crippen LogP contribution in [0.4, 0.5) is 8.78 Å². The van der Waals surface area contributed by atoms with Gasteiger partial charge in [-0.05, 0) is 30.7 Å². The average Bonchev–Trinajstić information content (AvgIpc) is 2.66. The van der Waals surface area contributed by atoms with Crippen LogP contribution in [0.25, 0.3) is 11.3 Å². The number of amides is 1. The number of carbonyl (C=O) groups is 1. The molecular weight excluding hydrogens is 366 g/mol. The number of benzene rings is 2.